The number of halogens is 1. The van der Waals surface area contributed by atoms with Crippen molar-refractivity contribution in [3.63, 3.8) is 0 Å². The first-order valence-corrected chi connectivity index (χ1v) is 10.5. The van der Waals surface area contributed by atoms with E-state index in [1.807, 2.05) is 24.9 Å². The summed E-state index contributed by atoms with van der Waals surface area (Å²) in [4.78, 5) is 19.0. The van der Waals surface area contributed by atoms with Gasteiger partial charge in [-0.15, -0.1) is 24.0 Å². The molecule has 29 heavy (non-hydrogen) atoms. The summed E-state index contributed by atoms with van der Waals surface area (Å²) < 4.78 is 6.91. The van der Waals surface area contributed by atoms with Crippen LogP contribution in [0.3, 0.4) is 0 Å². The minimum absolute atomic E-state index is 0. The minimum Gasteiger partial charge on any atom is -0.450 e. The Kier molecular flexibility index (Phi) is 9.51. The van der Waals surface area contributed by atoms with Gasteiger partial charge in [0.1, 0.15) is 0 Å². The number of rotatable bonds is 8. The lowest BCUT2D eigenvalue weighted by Gasteiger charge is -2.23. The predicted octanol–water partition coefficient (Wildman–Crippen LogP) is 2.39. The van der Waals surface area contributed by atoms with E-state index in [0.717, 1.165) is 51.3 Å². The third kappa shape index (κ3) is 7.35. The van der Waals surface area contributed by atoms with Crippen molar-refractivity contribution in [1.29, 1.82) is 0 Å². The quantitative estimate of drug-likeness (QED) is 0.314. The summed E-state index contributed by atoms with van der Waals surface area (Å²) in [6.45, 7) is 7.74. The normalized spacial score (nSPS) is 20.2. The maximum Gasteiger partial charge on any atom is 0.407 e. The van der Waals surface area contributed by atoms with Crippen LogP contribution in [0.4, 0.5) is 4.79 Å². The number of ether oxygens (including phenoxy) is 1. The van der Waals surface area contributed by atoms with Crippen molar-refractivity contribution < 1.29 is 9.53 Å². The molecule has 2 N–H and O–H groups in total. The Hall–Kier alpha value is -1.52. The Morgan fingerprint density at radius 2 is 2.17 bits per heavy atom. The second-order valence-corrected chi connectivity index (χ2v) is 7.83. The number of aryl methyl sites for hydroxylation is 1. The third-order valence-electron chi connectivity index (χ3n) is 5.41. The number of hydrogen-bond donors (Lipinski definition) is 2. The van der Waals surface area contributed by atoms with Crippen LogP contribution in [-0.2, 0) is 18.2 Å². The molecule has 1 saturated carbocycles. The lowest BCUT2D eigenvalue weighted by molar-refractivity contribution is 0.147. The topological polar surface area (TPSA) is 83.8 Å². The van der Waals surface area contributed by atoms with E-state index in [9.17, 15) is 4.79 Å². The molecule has 1 aliphatic heterocycles. The number of hydrogen-bond acceptors (Lipinski definition) is 4. The van der Waals surface area contributed by atoms with Gasteiger partial charge in [0, 0.05) is 32.9 Å². The molecule has 1 saturated heterocycles. The standard InChI is InChI=1S/C20H34N6O2.HI/c1-4-21-19(22-12-18(17-6-7-17)24-20(27)28-5-2)26-9-8-15(14-26)10-16-11-23-25(3)13-16;/h11,13,15,17-18H,4-10,12,14H2,1-3H3,(H,21,22)(H,24,27);1H. The highest BCUT2D eigenvalue weighted by Crippen LogP contribution is 2.33. The maximum atomic E-state index is 11.8. The number of guanidine groups is 1. The fourth-order valence-electron chi connectivity index (χ4n) is 3.85. The van der Waals surface area contributed by atoms with Gasteiger partial charge in [0.05, 0.1) is 25.4 Å². The number of aliphatic imine (C=N–C) groups is 1. The molecular weight excluding hydrogens is 483 g/mol. The van der Waals surface area contributed by atoms with E-state index < -0.39 is 0 Å². The molecule has 0 bridgehead atoms. The second kappa shape index (κ2) is 11.6. The van der Waals surface area contributed by atoms with Crippen LogP contribution < -0.4 is 10.6 Å². The van der Waals surface area contributed by atoms with Crippen LogP contribution >= 0.6 is 24.0 Å². The Bertz CT molecular complexity index is 676. The summed E-state index contributed by atoms with van der Waals surface area (Å²) in [6.07, 6.45) is 8.25. The summed E-state index contributed by atoms with van der Waals surface area (Å²) in [6, 6.07) is 0.0569. The van der Waals surface area contributed by atoms with Crippen molar-refractivity contribution >= 4 is 36.0 Å². The van der Waals surface area contributed by atoms with E-state index in [4.69, 9.17) is 9.73 Å². The molecule has 0 aromatic carbocycles. The average molecular weight is 518 g/mol. The molecule has 1 amide bonds. The first-order chi connectivity index (χ1) is 13.6. The lowest BCUT2D eigenvalue weighted by atomic mass is 10.0. The van der Waals surface area contributed by atoms with Gasteiger partial charge >= 0.3 is 6.09 Å². The fourth-order valence-corrected chi connectivity index (χ4v) is 3.85. The number of likely N-dealkylation sites (tertiary alicyclic amines) is 1. The van der Waals surface area contributed by atoms with Crippen LogP contribution in [0, 0.1) is 11.8 Å². The van der Waals surface area contributed by atoms with Crippen molar-refractivity contribution in [3.8, 4) is 0 Å². The van der Waals surface area contributed by atoms with Crippen molar-refractivity contribution in [2.24, 2.45) is 23.9 Å². The number of nitrogens with one attached hydrogen (secondary N) is 2. The van der Waals surface area contributed by atoms with E-state index in [1.165, 1.54) is 5.56 Å². The zero-order chi connectivity index (χ0) is 19.9. The number of carbonyl (C=O) groups is 1. The van der Waals surface area contributed by atoms with Gasteiger partial charge in [-0.25, -0.2) is 4.79 Å². The average Bonchev–Trinajstić information content (AvgIpc) is 3.28. The Balaban J connectivity index is 0.00000300. The molecule has 2 heterocycles. The molecule has 9 heteroatoms. The van der Waals surface area contributed by atoms with Crippen LogP contribution in [0.2, 0.25) is 0 Å². The molecule has 1 aliphatic carbocycles. The maximum absolute atomic E-state index is 11.8. The van der Waals surface area contributed by atoms with Crippen LogP contribution in [0.15, 0.2) is 17.4 Å². The van der Waals surface area contributed by atoms with Gasteiger partial charge in [-0.1, -0.05) is 0 Å². The Morgan fingerprint density at radius 3 is 2.79 bits per heavy atom. The van der Waals surface area contributed by atoms with Crippen molar-refractivity contribution in [3.05, 3.63) is 18.0 Å². The Labute approximate surface area is 190 Å². The van der Waals surface area contributed by atoms with Gasteiger partial charge in [-0.05, 0) is 56.9 Å². The number of alkyl carbamates (subject to hydrolysis) is 1. The molecule has 8 nitrogen and oxygen atoms in total. The van der Waals surface area contributed by atoms with Crippen LogP contribution in [-0.4, -0.2) is 65.6 Å². The van der Waals surface area contributed by atoms with Gasteiger partial charge in [-0.3, -0.25) is 9.67 Å². The zero-order valence-corrected chi connectivity index (χ0v) is 20.1. The predicted molar refractivity (Wildman–Crippen MR) is 125 cm³/mol. The number of nitrogens with zero attached hydrogens (tertiary/aromatic N) is 4. The van der Waals surface area contributed by atoms with E-state index >= 15 is 0 Å². The van der Waals surface area contributed by atoms with Crippen molar-refractivity contribution in [1.82, 2.24) is 25.3 Å². The molecule has 2 fully saturated rings. The molecular formula is C20H35IN6O2. The molecule has 2 aliphatic rings. The monoisotopic (exact) mass is 518 g/mol. The van der Waals surface area contributed by atoms with Crippen LogP contribution in [0.5, 0.6) is 0 Å². The molecule has 2 atom stereocenters. The highest BCUT2D eigenvalue weighted by atomic mass is 127. The minimum atomic E-state index is -0.336. The van der Waals surface area contributed by atoms with Gasteiger partial charge in [0.15, 0.2) is 5.96 Å². The highest BCUT2D eigenvalue weighted by Gasteiger charge is 2.33. The number of carbonyl (C=O) groups excluding carboxylic acids is 1. The van der Waals surface area contributed by atoms with Gasteiger partial charge in [0.2, 0.25) is 0 Å². The second-order valence-electron chi connectivity index (χ2n) is 7.83. The lowest BCUT2D eigenvalue weighted by Crippen LogP contribution is -2.43. The smallest absolute Gasteiger partial charge is 0.407 e. The molecule has 0 radical (unpaired) electrons. The molecule has 1 aromatic rings. The van der Waals surface area contributed by atoms with Crippen LogP contribution in [0.1, 0.15) is 38.7 Å². The SMILES string of the molecule is CCNC(=NCC(NC(=O)OCC)C1CC1)N1CCC(Cc2cnn(C)c2)C1.I. The Morgan fingerprint density at radius 1 is 1.38 bits per heavy atom. The molecule has 164 valence electrons. The van der Waals surface area contributed by atoms with E-state index in [1.54, 1.807) is 0 Å². The zero-order valence-electron chi connectivity index (χ0n) is 17.8. The molecule has 0 spiro atoms. The van der Waals surface area contributed by atoms with Crippen molar-refractivity contribution in [2.75, 3.05) is 32.8 Å². The number of aromatic nitrogens is 2. The summed E-state index contributed by atoms with van der Waals surface area (Å²) in [5, 5.41) is 10.7. The van der Waals surface area contributed by atoms with E-state index in [-0.39, 0.29) is 36.1 Å². The fraction of sp³-hybridized carbons (Fsp3) is 0.750. The van der Waals surface area contributed by atoms with E-state index in [0.29, 0.717) is 25.0 Å². The highest BCUT2D eigenvalue weighted by molar-refractivity contribution is 14.0. The van der Waals surface area contributed by atoms with Crippen LogP contribution in [0.25, 0.3) is 0 Å². The van der Waals surface area contributed by atoms with Crippen molar-refractivity contribution in [2.45, 2.75) is 45.6 Å². The van der Waals surface area contributed by atoms with E-state index in [2.05, 4.69) is 33.8 Å². The first-order valence-electron chi connectivity index (χ1n) is 10.5. The molecule has 2 unspecified atom stereocenters. The summed E-state index contributed by atoms with van der Waals surface area (Å²) in [7, 11) is 1.96. The van der Waals surface area contributed by atoms with Gasteiger partial charge in [0.25, 0.3) is 0 Å². The summed E-state index contributed by atoms with van der Waals surface area (Å²) in [5.74, 6) is 2.09. The third-order valence-corrected chi connectivity index (χ3v) is 5.41. The first kappa shape index (κ1) is 23.8. The summed E-state index contributed by atoms with van der Waals surface area (Å²) in [5.41, 5.74) is 1.30. The number of amides is 1. The molecule has 3 rings (SSSR count). The van der Waals surface area contributed by atoms with Gasteiger partial charge in [-0.2, -0.15) is 5.10 Å². The molecule has 1 aromatic heterocycles. The largest absolute Gasteiger partial charge is 0.450 e. The van der Waals surface area contributed by atoms with Gasteiger partial charge < -0.3 is 20.3 Å². The summed E-state index contributed by atoms with van der Waals surface area (Å²) >= 11 is 0.